The molecule has 4 heteroatoms. The number of nitrogens with one attached hydrogen (secondary N) is 1. The monoisotopic (exact) mass is 294 g/mol. The van der Waals surface area contributed by atoms with Crippen molar-refractivity contribution < 1.29 is 9.13 Å². The largest absolute Gasteiger partial charge is 0.497 e. The molecule has 0 bridgehead atoms. The normalized spacial score (nSPS) is 16.7. The van der Waals surface area contributed by atoms with Gasteiger partial charge in [0.1, 0.15) is 11.6 Å². The van der Waals surface area contributed by atoms with E-state index in [9.17, 15) is 4.39 Å². The molecule has 0 saturated carbocycles. The van der Waals surface area contributed by atoms with E-state index < -0.39 is 0 Å². The van der Waals surface area contributed by atoms with E-state index in [1.165, 1.54) is 18.9 Å². The van der Waals surface area contributed by atoms with Crippen molar-refractivity contribution in [2.75, 3.05) is 26.7 Å². The van der Waals surface area contributed by atoms with Crippen LogP contribution in [-0.2, 0) is 6.54 Å². The van der Waals surface area contributed by atoms with Crippen LogP contribution >= 0.6 is 0 Å². The van der Waals surface area contributed by atoms with Crippen molar-refractivity contribution in [1.82, 2.24) is 10.2 Å². The fraction of sp³-hybridized carbons (Fsp3) is 0.647. The number of hydrogen-bond donors (Lipinski definition) is 1. The number of benzene rings is 1. The van der Waals surface area contributed by atoms with Gasteiger partial charge in [0, 0.05) is 30.8 Å². The van der Waals surface area contributed by atoms with Crippen molar-refractivity contribution in [3.63, 3.8) is 0 Å². The van der Waals surface area contributed by atoms with Crippen molar-refractivity contribution in [1.29, 1.82) is 0 Å². The lowest BCUT2D eigenvalue weighted by Crippen LogP contribution is -2.39. The van der Waals surface area contributed by atoms with Crippen LogP contribution in [0, 0.1) is 11.7 Å². The summed E-state index contributed by atoms with van der Waals surface area (Å²) in [5.41, 5.74) is 0.749. The second-order valence-corrected chi connectivity index (χ2v) is 6.17. The molecule has 0 unspecified atom stereocenters. The van der Waals surface area contributed by atoms with Gasteiger partial charge in [-0.15, -0.1) is 0 Å². The number of halogens is 1. The SMILES string of the molecule is COc1ccc(CN(CC2CCNCC2)C(C)C)c(F)c1. The molecule has 1 aromatic carbocycles. The van der Waals surface area contributed by atoms with E-state index in [2.05, 4.69) is 24.1 Å². The van der Waals surface area contributed by atoms with E-state index in [0.29, 0.717) is 18.3 Å². The first kappa shape index (κ1) is 16.2. The Hall–Kier alpha value is -1.13. The van der Waals surface area contributed by atoms with Gasteiger partial charge in [-0.3, -0.25) is 4.90 Å². The molecule has 1 saturated heterocycles. The number of ether oxygens (including phenoxy) is 1. The maximum Gasteiger partial charge on any atom is 0.131 e. The van der Waals surface area contributed by atoms with Gasteiger partial charge in [0.05, 0.1) is 7.11 Å². The van der Waals surface area contributed by atoms with Gasteiger partial charge in [-0.25, -0.2) is 4.39 Å². The molecule has 0 radical (unpaired) electrons. The Morgan fingerprint density at radius 1 is 1.33 bits per heavy atom. The van der Waals surface area contributed by atoms with Gasteiger partial charge in [-0.1, -0.05) is 6.07 Å². The van der Waals surface area contributed by atoms with Crippen LogP contribution < -0.4 is 10.1 Å². The van der Waals surface area contributed by atoms with Gasteiger partial charge in [0.15, 0.2) is 0 Å². The Balaban J connectivity index is 2.01. The molecule has 1 N–H and O–H groups in total. The second kappa shape index (κ2) is 7.76. The molecule has 1 aliphatic rings. The smallest absolute Gasteiger partial charge is 0.131 e. The third-order valence-corrected chi connectivity index (χ3v) is 4.32. The summed E-state index contributed by atoms with van der Waals surface area (Å²) in [6.07, 6.45) is 2.43. The van der Waals surface area contributed by atoms with Crippen LogP contribution in [0.15, 0.2) is 18.2 Å². The van der Waals surface area contributed by atoms with Crippen LogP contribution in [0.4, 0.5) is 4.39 Å². The highest BCUT2D eigenvalue weighted by atomic mass is 19.1. The maximum atomic E-state index is 14.1. The Morgan fingerprint density at radius 2 is 2.05 bits per heavy atom. The second-order valence-electron chi connectivity index (χ2n) is 6.17. The minimum absolute atomic E-state index is 0.176. The van der Waals surface area contributed by atoms with E-state index in [-0.39, 0.29) is 5.82 Å². The lowest BCUT2D eigenvalue weighted by Gasteiger charge is -2.33. The van der Waals surface area contributed by atoms with Crippen molar-refractivity contribution >= 4 is 0 Å². The summed E-state index contributed by atoms with van der Waals surface area (Å²) in [7, 11) is 1.56. The molecule has 0 spiro atoms. The van der Waals surface area contributed by atoms with Gasteiger partial charge in [-0.2, -0.15) is 0 Å². The third kappa shape index (κ3) is 4.68. The molecule has 0 aromatic heterocycles. The van der Waals surface area contributed by atoms with Crippen molar-refractivity contribution in [2.24, 2.45) is 5.92 Å². The quantitative estimate of drug-likeness (QED) is 0.873. The first-order chi connectivity index (χ1) is 10.1. The van der Waals surface area contributed by atoms with Crippen LogP contribution in [0.1, 0.15) is 32.3 Å². The Kier molecular flexibility index (Phi) is 6.00. The fourth-order valence-electron chi connectivity index (χ4n) is 2.86. The zero-order valence-electron chi connectivity index (χ0n) is 13.4. The lowest BCUT2D eigenvalue weighted by molar-refractivity contribution is 0.160. The highest BCUT2D eigenvalue weighted by Crippen LogP contribution is 2.21. The van der Waals surface area contributed by atoms with E-state index in [1.807, 2.05) is 12.1 Å². The summed E-state index contributed by atoms with van der Waals surface area (Å²) < 4.78 is 19.2. The van der Waals surface area contributed by atoms with Gasteiger partial charge in [0.2, 0.25) is 0 Å². The van der Waals surface area contributed by atoms with Crippen LogP contribution in [0.25, 0.3) is 0 Å². The summed E-state index contributed by atoms with van der Waals surface area (Å²) in [5, 5.41) is 3.40. The molecule has 0 atom stereocenters. The summed E-state index contributed by atoms with van der Waals surface area (Å²) in [4.78, 5) is 2.38. The van der Waals surface area contributed by atoms with Gasteiger partial charge in [0.25, 0.3) is 0 Å². The minimum Gasteiger partial charge on any atom is -0.497 e. The summed E-state index contributed by atoms with van der Waals surface area (Å²) in [6.45, 7) is 8.29. The molecule has 3 nitrogen and oxygen atoms in total. The summed E-state index contributed by atoms with van der Waals surface area (Å²) in [6, 6.07) is 5.56. The molecule has 1 aromatic rings. The fourth-order valence-corrected chi connectivity index (χ4v) is 2.86. The number of nitrogens with zero attached hydrogens (tertiary/aromatic N) is 1. The number of hydrogen-bond acceptors (Lipinski definition) is 3. The first-order valence-corrected chi connectivity index (χ1v) is 7.87. The van der Waals surface area contributed by atoms with Crippen LogP contribution in [0.2, 0.25) is 0 Å². The minimum atomic E-state index is -0.176. The van der Waals surface area contributed by atoms with E-state index in [1.54, 1.807) is 7.11 Å². The third-order valence-electron chi connectivity index (χ3n) is 4.32. The van der Waals surface area contributed by atoms with Gasteiger partial charge < -0.3 is 10.1 Å². The van der Waals surface area contributed by atoms with E-state index in [0.717, 1.165) is 31.1 Å². The maximum absolute atomic E-state index is 14.1. The number of piperidine rings is 1. The molecule has 1 aliphatic heterocycles. The highest BCUT2D eigenvalue weighted by Gasteiger charge is 2.20. The van der Waals surface area contributed by atoms with Crippen molar-refractivity contribution in [3.8, 4) is 5.75 Å². The lowest BCUT2D eigenvalue weighted by atomic mass is 9.96. The molecule has 2 rings (SSSR count). The molecule has 1 heterocycles. The molecular weight excluding hydrogens is 267 g/mol. The molecular formula is C17H27FN2O. The highest BCUT2D eigenvalue weighted by molar-refractivity contribution is 5.28. The van der Waals surface area contributed by atoms with Gasteiger partial charge >= 0.3 is 0 Å². The van der Waals surface area contributed by atoms with Crippen LogP contribution in [0.5, 0.6) is 5.75 Å². The van der Waals surface area contributed by atoms with E-state index >= 15 is 0 Å². The Morgan fingerprint density at radius 3 is 2.62 bits per heavy atom. The first-order valence-electron chi connectivity index (χ1n) is 7.87. The predicted molar refractivity (Wildman–Crippen MR) is 84.1 cm³/mol. The Labute approximate surface area is 127 Å². The average molecular weight is 294 g/mol. The van der Waals surface area contributed by atoms with Crippen molar-refractivity contribution in [2.45, 2.75) is 39.3 Å². The molecule has 21 heavy (non-hydrogen) atoms. The Bertz CT molecular complexity index is 444. The molecule has 0 amide bonds. The van der Waals surface area contributed by atoms with Gasteiger partial charge in [-0.05, 0) is 51.8 Å². The van der Waals surface area contributed by atoms with Crippen LogP contribution in [0.3, 0.4) is 0 Å². The zero-order valence-corrected chi connectivity index (χ0v) is 13.4. The van der Waals surface area contributed by atoms with E-state index in [4.69, 9.17) is 4.74 Å². The average Bonchev–Trinajstić information content (AvgIpc) is 2.49. The predicted octanol–water partition coefficient (Wildman–Crippen LogP) is 3.04. The molecule has 1 fully saturated rings. The van der Waals surface area contributed by atoms with Crippen LogP contribution in [-0.4, -0.2) is 37.7 Å². The standard InChI is InChI=1S/C17H27FN2O/c1-13(2)20(11-14-6-8-19-9-7-14)12-15-4-5-16(21-3)10-17(15)18/h4-5,10,13-14,19H,6-9,11-12H2,1-3H3. The summed E-state index contributed by atoms with van der Waals surface area (Å²) in [5.74, 6) is 1.12. The molecule has 0 aliphatic carbocycles. The van der Waals surface area contributed by atoms with Crippen molar-refractivity contribution in [3.05, 3.63) is 29.6 Å². The summed E-state index contributed by atoms with van der Waals surface area (Å²) >= 11 is 0. The number of rotatable bonds is 6. The zero-order chi connectivity index (χ0) is 15.2. The number of methoxy groups -OCH3 is 1. The molecule has 118 valence electrons. The topological polar surface area (TPSA) is 24.5 Å².